The second-order valence-electron chi connectivity index (χ2n) is 4.46. The van der Waals surface area contributed by atoms with Crippen LogP contribution in [0.15, 0.2) is 70.5 Å². The van der Waals surface area contributed by atoms with Crippen molar-refractivity contribution in [2.24, 2.45) is 0 Å². The van der Waals surface area contributed by atoms with E-state index in [0.29, 0.717) is 0 Å². The zero-order chi connectivity index (χ0) is 18.0. The SMILES string of the molecule is O=C(O)CS(=O)(=O)c1ccccc1.O=C(O)CSc1ccccc1. The van der Waals surface area contributed by atoms with Gasteiger partial charge >= 0.3 is 11.9 Å². The third kappa shape index (κ3) is 7.80. The predicted octanol–water partition coefficient (Wildman–Crippen LogP) is 2.41. The minimum absolute atomic E-state index is 0.0393. The molecule has 0 spiro atoms. The molecule has 0 aromatic heterocycles. The lowest BCUT2D eigenvalue weighted by atomic mass is 10.4. The van der Waals surface area contributed by atoms with Crippen molar-refractivity contribution in [3.8, 4) is 0 Å². The summed E-state index contributed by atoms with van der Waals surface area (Å²) in [5.74, 6) is -2.86. The van der Waals surface area contributed by atoms with E-state index in [4.69, 9.17) is 10.2 Å². The largest absolute Gasteiger partial charge is 0.481 e. The molecule has 0 saturated carbocycles. The fraction of sp³-hybridized carbons (Fsp3) is 0.125. The van der Waals surface area contributed by atoms with Crippen LogP contribution in [-0.4, -0.2) is 42.1 Å². The summed E-state index contributed by atoms with van der Waals surface area (Å²) in [6.07, 6.45) is 0. The summed E-state index contributed by atoms with van der Waals surface area (Å²) in [5.41, 5.74) is 0. The van der Waals surface area contributed by atoms with Gasteiger partial charge in [0.15, 0.2) is 15.6 Å². The Balaban J connectivity index is 0.000000243. The van der Waals surface area contributed by atoms with Crippen LogP contribution in [0.1, 0.15) is 0 Å². The number of carbonyl (C=O) groups is 2. The van der Waals surface area contributed by atoms with Crippen molar-refractivity contribution < 1.29 is 28.2 Å². The molecule has 0 bridgehead atoms. The molecule has 0 fully saturated rings. The molecule has 2 aromatic carbocycles. The Morgan fingerprint density at radius 2 is 1.33 bits per heavy atom. The average Bonchev–Trinajstić information content (AvgIpc) is 2.54. The number of hydrogen-bond donors (Lipinski definition) is 2. The molecule has 0 aliphatic carbocycles. The zero-order valence-electron chi connectivity index (χ0n) is 12.5. The lowest BCUT2D eigenvalue weighted by molar-refractivity contribution is -0.135. The van der Waals surface area contributed by atoms with E-state index in [1.165, 1.54) is 23.9 Å². The number of rotatable bonds is 6. The van der Waals surface area contributed by atoms with Crippen molar-refractivity contribution >= 4 is 33.5 Å². The van der Waals surface area contributed by atoms with Crippen LogP contribution in [0.25, 0.3) is 0 Å². The van der Waals surface area contributed by atoms with Gasteiger partial charge in [-0.25, -0.2) is 8.42 Å². The van der Waals surface area contributed by atoms with Crippen LogP contribution in [0.3, 0.4) is 0 Å². The Morgan fingerprint density at radius 3 is 1.79 bits per heavy atom. The van der Waals surface area contributed by atoms with Gasteiger partial charge in [0.25, 0.3) is 0 Å². The highest BCUT2D eigenvalue weighted by atomic mass is 32.2. The van der Waals surface area contributed by atoms with Crippen LogP contribution in [0, 0.1) is 0 Å². The van der Waals surface area contributed by atoms with Gasteiger partial charge in [-0.3, -0.25) is 9.59 Å². The summed E-state index contributed by atoms with van der Waals surface area (Å²) in [7, 11) is -3.66. The highest BCUT2D eigenvalue weighted by Crippen LogP contribution is 2.15. The maximum Gasteiger partial charge on any atom is 0.319 e. The fourth-order valence-corrected chi connectivity index (χ4v) is 3.24. The summed E-state index contributed by atoms with van der Waals surface area (Å²) in [4.78, 5) is 21.4. The molecule has 0 atom stereocenters. The first-order valence-corrected chi connectivity index (χ1v) is 9.34. The molecule has 6 nitrogen and oxygen atoms in total. The van der Waals surface area contributed by atoms with Gasteiger partial charge in [-0.15, -0.1) is 11.8 Å². The quantitative estimate of drug-likeness (QED) is 0.754. The van der Waals surface area contributed by atoms with E-state index in [1.54, 1.807) is 18.2 Å². The number of sulfone groups is 1. The smallest absolute Gasteiger partial charge is 0.319 e. The number of carboxylic acid groups (broad SMARTS) is 2. The van der Waals surface area contributed by atoms with Gasteiger partial charge in [0.1, 0.15) is 0 Å². The van der Waals surface area contributed by atoms with E-state index >= 15 is 0 Å². The van der Waals surface area contributed by atoms with E-state index in [1.807, 2.05) is 30.3 Å². The minimum atomic E-state index is -3.66. The highest BCUT2D eigenvalue weighted by molar-refractivity contribution is 8.00. The monoisotopic (exact) mass is 368 g/mol. The number of carboxylic acids is 2. The van der Waals surface area contributed by atoms with Gasteiger partial charge in [0, 0.05) is 4.90 Å². The van der Waals surface area contributed by atoms with Crippen molar-refractivity contribution in [2.75, 3.05) is 11.5 Å². The van der Waals surface area contributed by atoms with Crippen LogP contribution in [0.2, 0.25) is 0 Å². The van der Waals surface area contributed by atoms with Crippen molar-refractivity contribution in [3.05, 3.63) is 60.7 Å². The number of hydrogen-bond acceptors (Lipinski definition) is 5. The van der Waals surface area contributed by atoms with Crippen LogP contribution in [-0.2, 0) is 19.4 Å². The molecule has 0 radical (unpaired) electrons. The van der Waals surface area contributed by atoms with E-state index < -0.39 is 27.5 Å². The molecule has 0 aliphatic heterocycles. The second kappa shape index (κ2) is 9.74. The van der Waals surface area contributed by atoms with Gasteiger partial charge in [0.2, 0.25) is 0 Å². The summed E-state index contributed by atoms with van der Waals surface area (Å²) in [6, 6.07) is 17.0. The lowest BCUT2D eigenvalue weighted by Crippen LogP contribution is -2.15. The topological polar surface area (TPSA) is 109 Å². The van der Waals surface area contributed by atoms with E-state index in [2.05, 4.69) is 0 Å². The molecule has 8 heteroatoms. The maximum atomic E-state index is 11.3. The molecule has 128 valence electrons. The number of thioether (sulfide) groups is 1. The van der Waals surface area contributed by atoms with Gasteiger partial charge in [-0.1, -0.05) is 36.4 Å². The summed E-state index contributed by atoms with van der Waals surface area (Å²) in [6.45, 7) is 0. The van der Waals surface area contributed by atoms with Gasteiger partial charge in [-0.05, 0) is 24.3 Å². The summed E-state index contributed by atoms with van der Waals surface area (Å²) >= 11 is 1.33. The molecule has 0 aliphatic rings. The molecule has 2 rings (SSSR count). The molecular weight excluding hydrogens is 352 g/mol. The molecule has 0 unspecified atom stereocenters. The van der Waals surface area contributed by atoms with Crippen molar-refractivity contribution in [1.29, 1.82) is 0 Å². The normalized spacial score (nSPS) is 10.3. The van der Waals surface area contributed by atoms with E-state index in [-0.39, 0.29) is 10.6 Å². The molecule has 0 saturated heterocycles. The van der Waals surface area contributed by atoms with Crippen molar-refractivity contribution in [3.63, 3.8) is 0 Å². The molecule has 2 aromatic rings. The summed E-state index contributed by atoms with van der Waals surface area (Å²) in [5, 5.41) is 16.7. The molecular formula is C16H16O6S2. The first kappa shape index (κ1) is 19.7. The number of aliphatic carboxylic acids is 2. The first-order valence-electron chi connectivity index (χ1n) is 6.70. The first-order chi connectivity index (χ1) is 11.3. The molecule has 0 heterocycles. The van der Waals surface area contributed by atoms with E-state index in [0.717, 1.165) is 4.90 Å². The van der Waals surface area contributed by atoms with Gasteiger partial charge in [0.05, 0.1) is 10.6 Å². The highest BCUT2D eigenvalue weighted by Gasteiger charge is 2.17. The lowest BCUT2D eigenvalue weighted by Gasteiger charge is -1.99. The fourth-order valence-electron chi connectivity index (χ4n) is 1.54. The Morgan fingerprint density at radius 1 is 0.833 bits per heavy atom. The average molecular weight is 368 g/mol. The molecule has 24 heavy (non-hydrogen) atoms. The van der Waals surface area contributed by atoms with Crippen LogP contribution >= 0.6 is 11.8 Å². The van der Waals surface area contributed by atoms with Crippen LogP contribution in [0.4, 0.5) is 0 Å². The maximum absolute atomic E-state index is 11.3. The standard InChI is InChI=1S/C8H8O4S.C8H8O2S/c9-8(10)6-13(11,12)7-4-2-1-3-5-7;9-8(10)6-11-7-4-2-1-3-5-7/h1-5H,6H2,(H,9,10);1-5H,6H2,(H,9,10). The Kier molecular flexibility index (Phi) is 8.00. The third-order valence-electron chi connectivity index (χ3n) is 2.52. The third-order valence-corrected chi connectivity index (χ3v) is 5.14. The Labute approximate surface area is 144 Å². The molecule has 0 amide bonds. The minimum Gasteiger partial charge on any atom is -0.481 e. The van der Waals surface area contributed by atoms with Crippen molar-refractivity contribution in [1.82, 2.24) is 0 Å². The Hall–Kier alpha value is -2.32. The second-order valence-corrected chi connectivity index (χ2v) is 7.50. The zero-order valence-corrected chi connectivity index (χ0v) is 14.2. The van der Waals surface area contributed by atoms with Crippen LogP contribution in [0.5, 0.6) is 0 Å². The van der Waals surface area contributed by atoms with Crippen LogP contribution < -0.4 is 0 Å². The molecule has 2 N–H and O–H groups in total. The van der Waals surface area contributed by atoms with E-state index in [9.17, 15) is 18.0 Å². The predicted molar refractivity (Wildman–Crippen MR) is 90.9 cm³/mol. The van der Waals surface area contributed by atoms with Gasteiger partial charge < -0.3 is 10.2 Å². The summed E-state index contributed by atoms with van der Waals surface area (Å²) < 4.78 is 22.5. The number of benzene rings is 2. The Bertz CT molecular complexity index is 758. The van der Waals surface area contributed by atoms with Crippen molar-refractivity contribution in [2.45, 2.75) is 9.79 Å². The van der Waals surface area contributed by atoms with Gasteiger partial charge in [-0.2, -0.15) is 0 Å².